The van der Waals surface area contributed by atoms with E-state index in [0.717, 1.165) is 43.3 Å². The molecule has 6 rings (SSSR count). The summed E-state index contributed by atoms with van der Waals surface area (Å²) in [6.45, 7) is 3.46. The lowest BCUT2D eigenvalue weighted by Gasteiger charge is -2.38. The highest BCUT2D eigenvalue weighted by atomic mass is 16.6. The number of amides is 1. The molecule has 0 bridgehead atoms. The number of pyridine rings is 1. The minimum atomic E-state index is -0.689. The second kappa shape index (κ2) is 7.45. The number of fused-ring (bicyclic) bond motifs is 1. The summed E-state index contributed by atoms with van der Waals surface area (Å²) < 4.78 is 8.27. The molecule has 0 saturated carbocycles. The Hall–Kier alpha value is -3.19. The molecule has 2 atom stereocenters. The van der Waals surface area contributed by atoms with E-state index in [2.05, 4.69) is 22.1 Å². The van der Waals surface area contributed by atoms with E-state index in [1.807, 2.05) is 60.5 Å². The van der Waals surface area contributed by atoms with Gasteiger partial charge in [0.15, 0.2) is 11.4 Å². The number of aromatic nitrogens is 3. The van der Waals surface area contributed by atoms with Gasteiger partial charge in [-0.15, -0.1) is 0 Å². The summed E-state index contributed by atoms with van der Waals surface area (Å²) in [5.74, 6) is 1.89. The van der Waals surface area contributed by atoms with Crippen molar-refractivity contribution in [2.45, 2.75) is 50.5 Å². The maximum Gasteiger partial charge on any atom is 0.257 e. The molecule has 0 N–H and O–H groups in total. The van der Waals surface area contributed by atoms with Gasteiger partial charge in [0.1, 0.15) is 12.0 Å². The van der Waals surface area contributed by atoms with E-state index in [1.54, 1.807) is 4.68 Å². The van der Waals surface area contributed by atoms with Gasteiger partial charge in [-0.25, -0.2) is 9.67 Å². The molecule has 7 heteroatoms. The fourth-order valence-electron chi connectivity index (χ4n) is 5.40. The van der Waals surface area contributed by atoms with Crippen molar-refractivity contribution in [1.29, 1.82) is 0 Å². The number of hydrogen-bond donors (Lipinski definition) is 0. The number of aryl methyl sites for hydroxylation is 1. The summed E-state index contributed by atoms with van der Waals surface area (Å²) in [5.41, 5.74) is 1.48. The van der Waals surface area contributed by atoms with Crippen LogP contribution in [0.1, 0.15) is 43.0 Å². The van der Waals surface area contributed by atoms with Gasteiger partial charge in [0.05, 0.1) is 11.7 Å². The van der Waals surface area contributed by atoms with Crippen molar-refractivity contribution in [3.8, 4) is 5.82 Å². The second-order valence-corrected chi connectivity index (χ2v) is 9.03. The van der Waals surface area contributed by atoms with Gasteiger partial charge in [-0.1, -0.05) is 36.4 Å². The zero-order valence-corrected chi connectivity index (χ0v) is 18.2. The molecule has 5 heterocycles. The lowest BCUT2D eigenvalue weighted by Crippen LogP contribution is -2.50. The van der Waals surface area contributed by atoms with Gasteiger partial charge in [0.25, 0.3) is 5.91 Å². The lowest BCUT2D eigenvalue weighted by molar-refractivity contribution is -0.140. The van der Waals surface area contributed by atoms with Gasteiger partial charge in [0, 0.05) is 32.1 Å². The predicted molar refractivity (Wildman–Crippen MR) is 120 cm³/mol. The van der Waals surface area contributed by atoms with Crippen LogP contribution < -0.4 is 4.90 Å². The second-order valence-electron chi connectivity index (χ2n) is 9.03. The molecule has 1 unspecified atom stereocenters. The van der Waals surface area contributed by atoms with Gasteiger partial charge in [-0.05, 0) is 43.5 Å². The monoisotopic (exact) mass is 429 g/mol. The highest BCUT2D eigenvalue weighted by Gasteiger charge is 2.57. The van der Waals surface area contributed by atoms with Crippen LogP contribution in [0, 0.1) is 6.92 Å². The fourth-order valence-corrected chi connectivity index (χ4v) is 5.40. The maximum absolute atomic E-state index is 13.6. The number of benzene rings is 1. The van der Waals surface area contributed by atoms with Crippen LogP contribution in [0.15, 0.2) is 60.8 Å². The normalized spacial score (nSPS) is 24.3. The average Bonchev–Trinajstić information content (AvgIpc) is 3.51. The summed E-state index contributed by atoms with van der Waals surface area (Å²) in [4.78, 5) is 22.7. The molecule has 3 fully saturated rings. The number of nitrogens with zero attached hydrogens (tertiary/aromatic N) is 5. The van der Waals surface area contributed by atoms with Crippen molar-refractivity contribution < 1.29 is 9.53 Å². The lowest BCUT2D eigenvalue weighted by atomic mass is 9.89. The Morgan fingerprint density at radius 1 is 0.969 bits per heavy atom. The van der Waals surface area contributed by atoms with Crippen LogP contribution in [0.5, 0.6) is 0 Å². The third-order valence-electron chi connectivity index (χ3n) is 7.08. The topological polar surface area (TPSA) is 63.5 Å². The molecule has 3 aromatic rings. The van der Waals surface area contributed by atoms with Crippen molar-refractivity contribution in [3.63, 3.8) is 0 Å². The summed E-state index contributed by atoms with van der Waals surface area (Å²) in [7, 11) is 0. The molecule has 1 spiro atoms. The maximum atomic E-state index is 13.6. The number of ether oxygens (including phenoxy) is 1. The standard InChI is InChI=1S/C25H27N5O2/c1-18-12-15-29(27-18)22-9-5-8-21(26-22)28-16-13-25(14-17-28)24(31)30-20(10-11-23(30)32-25)19-6-3-2-4-7-19/h2-9,12,15,20,23H,10-11,13-14,16-17H2,1H3/t20-,23?/m0/s1. The number of carbonyl (C=O) groups excluding carboxylic acids is 1. The van der Waals surface area contributed by atoms with Crippen molar-refractivity contribution in [2.24, 2.45) is 0 Å². The smallest absolute Gasteiger partial charge is 0.257 e. The third kappa shape index (κ3) is 3.11. The molecule has 0 radical (unpaired) electrons. The van der Waals surface area contributed by atoms with Crippen molar-refractivity contribution >= 4 is 11.7 Å². The Balaban J connectivity index is 1.18. The van der Waals surface area contributed by atoms with Crippen LogP contribution >= 0.6 is 0 Å². The van der Waals surface area contributed by atoms with E-state index in [9.17, 15) is 4.79 Å². The number of rotatable bonds is 3. The third-order valence-corrected chi connectivity index (χ3v) is 7.08. The average molecular weight is 430 g/mol. The molecule has 2 aromatic heterocycles. The van der Waals surface area contributed by atoms with Gasteiger partial charge >= 0.3 is 0 Å². The predicted octanol–water partition coefficient (Wildman–Crippen LogP) is 3.63. The minimum absolute atomic E-state index is 0.0937. The van der Waals surface area contributed by atoms with E-state index >= 15 is 0 Å². The Bertz CT molecular complexity index is 1140. The number of carbonyl (C=O) groups is 1. The molecular formula is C25H27N5O2. The Kier molecular flexibility index (Phi) is 4.54. The van der Waals surface area contributed by atoms with Gasteiger partial charge in [0.2, 0.25) is 0 Å². The first-order valence-electron chi connectivity index (χ1n) is 11.4. The summed E-state index contributed by atoms with van der Waals surface area (Å²) in [6.07, 6.45) is 5.08. The molecule has 164 valence electrons. The van der Waals surface area contributed by atoms with E-state index < -0.39 is 5.60 Å². The Morgan fingerprint density at radius 2 is 1.75 bits per heavy atom. The van der Waals surface area contributed by atoms with Gasteiger partial charge < -0.3 is 14.5 Å². The van der Waals surface area contributed by atoms with Crippen LogP contribution in [-0.4, -0.2) is 50.5 Å². The molecule has 3 aliphatic heterocycles. The van der Waals surface area contributed by atoms with E-state index in [1.165, 1.54) is 5.56 Å². The number of piperidine rings is 1. The van der Waals surface area contributed by atoms with E-state index in [4.69, 9.17) is 9.72 Å². The first-order chi connectivity index (χ1) is 15.6. The van der Waals surface area contributed by atoms with Gasteiger partial charge in [-0.2, -0.15) is 5.10 Å². The van der Waals surface area contributed by atoms with Crippen molar-refractivity contribution in [1.82, 2.24) is 19.7 Å². The molecule has 1 aromatic carbocycles. The summed E-state index contributed by atoms with van der Waals surface area (Å²) in [6, 6.07) is 18.4. The van der Waals surface area contributed by atoms with Crippen molar-refractivity contribution in [3.05, 3.63) is 72.1 Å². The molecule has 7 nitrogen and oxygen atoms in total. The SMILES string of the molecule is Cc1ccn(-c2cccc(N3CCC4(CC3)OC3CC[C@@H](c5ccccc5)N3C4=O)n2)n1. The zero-order chi connectivity index (χ0) is 21.7. The van der Waals surface area contributed by atoms with Crippen LogP contribution in [0.25, 0.3) is 5.82 Å². The quantitative estimate of drug-likeness (QED) is 0.636. The Labute approximate surface area is 187 Å². The molecule has 3 saturated heterocycles. The molecule has 1 amide bonds. The molecule has 0 aliphatic carbocycles. The van der Waals surface area contributed by atoms with E-state index in [0.29, 0.717) is 12.8 Å². The minimum Gasteiger partial charge on any atom is -0.356 e. The number of anilines is 1. The van der Waals surface area contributed by atoms with Crippen LogP contribution in [-0.2, 0) is 9.53 Å². The molecular weight excluding hydrogens is 402 g/mol. The van der Waals surface area contributed by atoms with Crippen LogP contribution in [0.4, 0.5) is 5.82 Å². The Morgan fingerprint density at radius 3 is 2.50 bits per heavy atom. The largest absolute Gasteiger partial charge is 0.356 e. The molecule has 32 heavy (non-hydrogen) atoms. The highest BCUT2D eigenvalue weighted by molar-refractivity contribution is 5.88. The zero-order valence-electron chi connectivity index (χ0n) is 18.2. The first-order valence-corrected chi connectivity index (χ1v) is 11.4. The summed E-state index contributed by atoms with van der Waals surface area (Å²) >= 11 is 0. The first kappa shape index (κ1) is 19.5. The van der Waals surface area contributed by atoms with E-state index in [-0.39, 0.29) is 18.2 Å². The van der Waals surface area contributed by atoms with Gasteiger partial charge in [-0.3, -0.25) is 4.79 Å². The highest BCUT2D eigenvalue weighted by Crippen LogP contribution is 2.47. The number of hydrogen-bond acceptors (Lipinski definition) is 5. The van der Waals surface area contributed by atoms with Crippen LogP contribution in [0.3, 0.4) is 0 Å². The van der Waals surface area contributed by atoms with Crippen LogP contribution in [0.2, 0.25) is 0 Å². The van der Waals surface area contributed by atoms with Crippen molar-refractivity contribution in [2.75, 3.05) is 18.0 Å². The molecule has 3 aliphatic rings. The fraction of sp³-hybridized carbons (Fsp3) is 0.400. The summed E-state index contributed by atoms with van der Waals surface area (Å²) in [5, 5.41) is 4.46.